The predicted octanol–water partition coefficient (Wildman–Crippen LogP) is 4.87. The van der Waals surface area contributed by atoms with Gasteiger partial charge < -0.3 is 10.3 Å². The van der Waals surface area contributed by atoms with Crippen LogP contribution in [-0.4, -0.2) is 30.5 Å². The zero-order valence-electron chi connectivity index (χ0n) is 17.1. The average molecular weight is 474 g/mol. The zero-order chi connectivity index (χ0) is 23.8. The molecule has 0 radical (unpaired) electrons. The second-order valence-electron chi connectivity index (χ2n) is 7.31. The highest BCUT2D eigenvalue weighted by Crippen LogP contribution is 2.37. The lowest BCUT2D eigenvalue weighted by atomic mass is 10.0. The molecular formula is C22H17F3N4O3S. The van der Waals surface area contributed by atoms with Crippen molar-refractivity contribution >= 4 is 38.2 Å². The molecule has 2 heterocycles. The van der Waals surface area contributed by atoms with Crippen LogP contribution in [0.25, 0.3) is 22.0 Å². The molecule has 0 saturated carbocycles. The van der Waals surface area contributed by atoms with Crippen LogP contribution < -0.4 is 10.0 Å². The fourth-order valence-corrected chi connectivity index (χ4v) is 3.92. The summed E-state index contributed by atoms with van der Waals surface area (Å²) in [5.74, 6) is -0.511. The van der Waals surface area contributed by atoms with Crippen molar-refractivity contribution in [2.45, 2.75) is 6.18 Å². The Balaban J connectivity index is 1.59. The Kier molecular flexibility index (Phi) is 5.58. The van der Waals surface area contributed by atoms with Crippen LogP contribution in [0.1, 0.15) is 16.1 Å². The number of aromatic nitrogens is 2. The molecule has 0 spiro atoms. The maximum atomic E-state index is 13.3. The van der Waals surface area contributed by atoms with Crippen LogP contribution >= 0.6 is 0 Å². The number of fused-ring (bicyclic) bond motifs is 1. The summed E-state index contributed by atoms with van der Waals surface area (Å²) in [6.07, 6.45) is -1.32. The Morgan fingerprint density at radius 1 is 1.03 bits per heavy atom. The number of nitrogens with zero attached hydrogens (tertiary/aromatic N) is 1. The average Bonchev–Trinajstić information content (AvgIpc) is 3.16. The minimum absolute atomic E-state index is 0.0994. The Morgan fingerprint density at radius 2 is 1.82 bits per heavy atom. The van der Waals surface area contributed by atoms with Gasteiger partial charge in [-0.25, -0.2) is 8.42 Å². The number of anilines is 2. The SMILES string of the molecule is CS(=O)(=O)Nc1ccc2cc(C(=O)Nc3cccc(-c4cnccc4C(F)(F)F)c3)[nH]c2c1. The van der Waals surface area contributed by atoms with Gasteiger partial charge in [-0.15, -0.1) is 0 Å². The van der Waals surface area contributed by atoms with Crippen molar-refractivity contribution in [2.75, 3.05) is 16.3 Å². The minimum atomic E-state index is -4.55. The van der Waals surface area contributed by atoms with Gasteiger partial charge in [-0.1, -0.05) is 18.2 Å². The van der Waals surface area contributed by atoms with Crippen molar-refractivity contribution in [2.24, 2.45) is 0 Å². The van der Waals surface area contributed by atoms with Crippen LogP contribution in [-0.2, 0) is 16.2 Å². The molecule has 170 valence electrons. The van der Waals surface area contributed by atoms with E-state index in [-0.39, 0.29) is 16.8 Å². The van der Waals surface area contributed by atoms with Crippen LogP contribution in [0.2, 0.25) is 0 Å². The monoisotopic (exact) mass is 474 g/mol. The smallest absolute Gasteiger partial charge is 0.350 e. The number of aromatic amines is 1. The molecule has 2 aromatic carbocycles. The molecule has 11 heteroatoms. The molecule has 0 aliphatic carbocycles. The van der Waals surface area contributed by atoms with Gasteiger partial charge >= 0.3 is 6.18 Å². The van der Waals surface area contributed by atoms with Crippen molar-refractivity contribution in [1.82, 2.24) is 9.97 Å². The van der Waals surface area contributed by atoms with Crippen molar-refractivity contribution in [3.63, 3.8) is 0 Å². The van der Waals surface area contributed by atoms with Gasteiger partial charge in [0.25, 0.3) is 5.91 Å². The molecule has 2 aromatic heterocycles. The van der Waals surface area contributed by atoms with E-state index in [0.29, 0.717) is 22.3 Å². The van der Waals surface area contributed by atoms with Gasteiger partial charge in [-0.3, -0.25) is 14.5 Å². The molecule has 0 unspecified atom stereocenters. The highest BCUT2D eigenvalue weighted by Gasteiger charge is 2.33. The Morgan fingerprint density at radius 3 is 2.55 bits per heavy atom. The second-order valence-corrected chi connectivity index (χ2v) is 9.06. The fraction of sp³-hybridized carbons (Fsp3) is 0.0909. The summed E-state index contributed by atoms with van der Waals surface area (Å²) in [6, 6.07) is 13.3. The molecule has 4 aromatic rings. The Hall–Kier alpha value is -3.86. The van der Waals surface area contributed by atoms with Crippen LogP contribution in [0, 0.1) is 0 Å². The van der Waals surface area contributed by atoms with E-state index in [9.17, 15) is 26.4 Å². The third kappa shape index (κ3) is 5.14. The maximum absolute atomic E-state index is 13.3. The first-order chi connectivity index (χ1) is 15.5. The minimum Gasteiger partial charge on any atom is -0.350 e. The first-order valence-electron chi connectivity index (χ1n) is 9.53. The van der Waals surface area contributed by atoms with Gasteiger partial charge in [0.05, 0.1) is 17.5 Å². The molecule has 0 aliphatic rings. The van der Waals surface area contributed by atoms with Crippen LogP contribution in [0.4, 0.5) is 24.5 Å². The third-order valence-electron chi connectivity index (χ3n) is 4.73. The summed E-state index contributed by atoms with van der Waals surface area (Å²) in [6.45, 7) is 0. The largest absolute Gasteiger partial charge is 0.417 e. The van der Waals surface area contributed by atoms with Crippen molar-refractivity contribution in [3.05, 3.63) is 78.2 Å². The predicted molar refractivity (Wildman–Crippen MR) is 119 cm³/mol. The van der Waals surface area contributed by atoms with Gasteiger partial charge in [0, 0.05) is 34.5 Å². The number of pyridine rings is 1. The lowest BCUT2D eigenvalue weighted by Crippen LogP contribution is -2.12. The lowest BCUT2D eigenvalue weighted by molar-refractivity contribution is -0.137. The van der Waals surface area contributed by atoms with E-state index in [1.165, 1.54) is 18.2 Å². The number of amides is 1. The number of nitrogens with one attached hydrogen (secondary N) is 3. The molecular weight excluding hydrogens is 457 g/mol. The van der Waals surface area contributed by atoms with E-state index in [4.69, 9.17) is 0 Å². The summed E-state index contributed by atoms with van der Waals surface area (Å²) < 4.78 is 65.2. The van der Waals surface area contributed by atoms with Crippen molar-refractivity contribution in [1.29, 1.82) is 0 Å². The molecule has 3 N–H and O–H groups in total. The van der Waals surface area contributed by atoms with E-state index in [2.05, 4.69) is 20.0 Å². The van der Waals surface area contributed by atoms with E-state index in [0.717, 1.165) is 24.7 Å². The van der Waals surface area contributed by atoms with Gasteiger partial charge in [0.2, 0.25) is 10.0 Å². The summed E-state index contributed by atoms with van der Waals surface area (Å²) in [5, 5.41) is 3.34. The van der Waals surface area contributed by atoms with Gasteiger partial charge in [0.1, 0.15) is 5.69 Å². The van der Waals surface area contributed by atoms with Crippen molar-refractivity contribution in [3.8, 4) is 11.1 Å². The third-order valence-corrected chi connectivity index (χ3v) is 5.33. The second kappa shape index (κ2) is 8.24. The summed E-state index contributed by atoms with van der Waals surface area (Å²) in [4.78, 5) is 19.4. The molecule has 33 heavy (non-hydrogen) atoms. The van der Waals surface area contributed by atoms with Crippen LogP contribution in [0.15, 0.2) is 67.0 Å². The number of hydrogen-bond donors (Lipinski definition) is 3. The number of benzene rings is 2. The molecule has 1 amide bonds. The van der Waals surface area contributed by atoms with E-state index in [1.807, 2.05) is 0 Å². The van der Waals surface area contributed by atoms with Gasteiger partial charge in [-0.05, 0) is 42.0 Å². The number of rotatable bonds is 5. The molecule has 0 aliphatic heterocycles. The van der Waals surface area contributed by atoms with E-state index < -0.39 is 27.7 Å². The number of sulfonamides is 1. The van der Waals surface area contributed by atoms with Gasteiger partial charge in [0.15, 0.2) is 0 Å². The molecule has 0 fully saturated rings. The molecule has 0 saturated heterocycles. The van der Waals surface area contributed by atoms with Crippen LogP contribution in [0.3, 0.4) is 0 Å². The first-order valence-corrected chi connectivity index (χ1v) is 11.4. The van der Waals surface area contributed by atoms with Crippen LogP contribution in [0.5, 0.6) is 0 Å². The topological polar surface area (TPSA) is 104 Å². The van der Waals surface area contributed by atoms with Crippen molar-refractivity contribution < 1.29 is 26.4 Å². The highest BCUT2D eigenvalue weighted by atomic mass is 32.2. The van der Waals surface area contributed by atoms with Gasteiger partial charge in [-0.2, -0.15) is 13.2 Å². The van der Waals surface area contributed by atoms with E-state index in [1.54, 1.807) is 30.3 Å². The lowest BCUT2D eigenvalue weighted by Gasteiger charge is -2.13. The summed E-state index contributed by atoms with van der Waals surface area (Å²) in [7, 11) is -3.45. The fourth-order valence-electron chi connectivity index (χ4n) is 3.36. The Bertz CT molecular complexity index is 1460. The molecule has 7 nitrogen and oxygen atoms in total. The Labute approximate surface area is 186 Å². The number of alkyl halides is 3. The molecule has 0 bridgehead atoms. The normalized spacial score (nSPS) is 12.0. The maximum Gasteiger partial charge on any atom is 0.417 e. The quantitative estimate of drug-likeness (QED) is 0.384. The standard InChI is InChI=1S/C22H17F3N4O3S/c1-33(31,32)29-16-6-5-14-10-20(28-19(14)11-16)21(30)27-15-4-2-3-13(9-15)17-12-26-8-7-18(17)22(23,24)25/h2-12,28-29H,1H3,(H,27,30). The van der Waals surface area contributed by atoms with E-state index >= 15 is 0 Å². The highest BCUT2D eigenvalue weighted by molar-refractivity contribution is 7.92. The number of H-pyrrole nitrogens is 1. The summed E-state index contributed by atoms with van der Waals surface area (Å²) in [5.41, 5.74) is 0.696. The molecule has 4 rings (SSSR count). The zero-order valence-corrected chi connectivity index (χ0v) is 17.9. The number of carbonyl (C=O) groups excluding carboxylic acids is 1. The summed E-state index contributed by atoms with van der Waals surface area (Å²) >= 11 is 0. The number of halogens is 3. The number of hydrogen-bond acceptors (Lipinski definition) is 4. The molecule has 0 atom stereocenters. The first kappa shape index (κ1) is 22.3. The number of carbonyl (C=O) groups is 1.